The highest BCUT2D eigenvalue weighted by Crippen LogP contribution is 2.24. The molecule has 0 aliphatic carbocycles. The van der Waals surface area contributed by atoms with Gasteiger partial charge in [0.25, 0.3) is 5.91 Å². The molecular formula is C11H8BrClN2OS. The highest BCUT2D eigenvalue weighted by molar-refractivity contribution is 9.10. The molecule has 2 heterocycles. The number of aromatic nitrogens is 1. The second-order valence-corrected chi connectivity index (χ2v) is 5.92. The molecule has 0 radical (unpaired) electrons. The van der Waals surface area contributed by atoms with E-state index in [-0.39, 0.29) is 11.1 Å². The lowest BCUT2D eigenvalue weighted by molar-refractivity contribution is 0.103. The number of nitrogens with one attached hydrogen (secondary N) is 1. The summed E-state index contributed by atoms with van der Waals surface area (Å²) in [5.74, 6) is -0.176. The molecule has 0 fully saturated rings. The van der Waals surface area contributed by atoms with Crippen LogP contribution in [0.5, 0.6) is 0 Å². The van der Waals surface area contributed by atoms with Gasteiger partial charge in [0.2, 0.25) is 0 Å². The van der Waals surface area contributed by atoms with E-state index >= 15 is 0 Å². The molecule has 0 unspecified atom stereocenters. The van der Waals surface area contributed by atoms with Crippen molar-refractivity contribution in [1.82, 2.24) is 4.98 Å². The van der Waals surface area contributed by atoms with Crippen LogP contribution in [0.1, 0.15) is 14.5 Å². The summed E-state index contributed by atoms with van der Waals surface area (Å²) in [7, 11) is 0. The van der Waals surface area contributed by atoms with Crippen LogP contribution in [0.4, 0.5) is 5.69 Å². The molecule has 0 aliphatic heterocycles. The molecule has 88 valence electrons. The Hall–Kier alpha value is -0.910. The summed E-state index contributed by atoms with van der Waals surface area (Å²) >= 11 is 10.6. The van der Waals surface area contributed by atoms with Crippen LogP contribution in [-0.2, 0) is 0 Å². The standard InChI is InChI=1S/C11H8BrClN2OS/c1-6-2-3-9(17-6)11(16)15-8-4-7(12)5-14-10(8)13/h2-5H,1H3,(H,15,16). The first-order valence-corrected chi connectivity index (χ1v) is 6.74. The Balaban J connectivity index is 2.21. The lowest BCUT2D eigenvalue weighted by Gasteiger charge is -2.05. The molecule has 0 aliphatic rings. The van der Waals surface area contributed by atoms with E-state index in [0.717, 1.165) is 9.35 Å². The van der Waals surface area contributed by atoms with Crippen molar-refractivity contribution in [1.29, 1.82) is 0 Å². The summed E-state index contributed by atoms with van der Waals surface area (Å²) in [5.41, 5.74) is 0.497. The van der Waals surface area contributed by atoms with E-state index in [2.05, 4.69) is 26.2 Å². The Bertz CT molecular complexity index is 570. The molecule has 0 saturated heterocycles. The van der Waals surface area contributed by atoms with Crippen LogP contribution in [0, 0.1) is 6.92 Å². The van der Waals surface area contributed by atoms with Crippen molar-refractivity contribution < 1.29 is 4.79 Å². The van der Waals surface area contributed by atoms with Crippen LogP contribution in [0.3, 0.4) is 0 Å². The van der Waals surface area contributed by atoms with Gasteiger partial charge in [0, 0.05) is 15.5 Å². The molecule has 0 aromatic carbocycles. The van der Waals surface area contributed by atoms with Crippen molar-refractivity contribution in [2.24, 2.45) is 0 Å². The zero-order valence-corrected chi connectivity index (χ0v) is 12.0. The van der Waals surface area contributed by atoms with Gasteiger partial charge in [-0.05, 0) is 41.1 Å². The second kappa shape index (κ2) is 5.16. The lowest BCUT2D eigenvalue weighted by Crippen LogP contribution is -2.10. The number of pyridine rings is 1. The molecule has 0 saturated carbocycles. The monoisotopic (exact) mass is 330 g/mol. The van der Waals surface area contributed by atoms with E-state index in [1.54, 1.807) is 18.3 Å². The second-order valence-electron chi connectivity index (χ2n) is 3.36. The van der Waals surface area contributed by atoms with Gasteiger partial charge >= 0.3 is 0 Å². The summed E-state index contributed by atoms with van der Waals surface area (Å²) in [5, 5.41) is 3.00. The maximum Gasteiger partial charge on any atom is 0.265 e. The number of rotatable bonds is 2. The van der Waals surface area contributed by atoms with E-state index in [4.69, 9.17) is 11.6 Å². The van der Waals surface area contributed by atoms with Crippen LogP contribution >= 0.6 is 38.9 Å². The summed E-state index contributed by atoms with van der Waals surface area (Å²) in [4.78, 5) is 17.6. The summed E-state index contributed by atoms with van der Waals surface area (Å²) in [6, 6.07) is 5.41. The van der Waals surface area contributed by atoms with Crippen LogP contribution in [0.2, 0.25) is 5.15 Å². The van der Waals surface area contributed by atoms with Crippen LogP contribution < -0.4 is 5.32 Å². The fraction of sp³-hybridized carbons (Fsp3) is 0.0909. The third-order valence-electron chi connectivity index (χ3n) is 2.02. The molecule has 1 amide bonds. The Morgan fingerprint density at radius 3 is 2.94 bits per heavy atom. The molecule has 6 heteroatoms. The lowest BCUT2D eigenvalue weighted by atomic mass is 10.3. The average Bonchev–Trinajstić information content (AvgIpc) is 2.70. The number of nitrogens with zero attached hydrogens (tertiary/aromatic N) is 1. The Labute approximate surface area is 116 Å². The highest BCUT2D eigenvalue weighted by atomic mass is 79.9. The minimum atomic E-state index is -0.176. The molecule has 17 heavy (non-hydrogen) atoms. The molecule has 0 atom stereocenters. The maximum atomic E-state index is 11.9. The summed E-state index contributed by atoms with van der Waals surface area (Å²) < 4.78 is 0.763. The number of carbonyl (C=O) groups is 1. The number of hydrogen-bond acceptors (Lipinski definition) is 3. The van der Waals surface area contributed by atoms with E-state index in [9.17, 15) is 4.79 Å². The first-order valence-electron chi connectivity index (χ1n) is 4.75. The molecule has 0 spiro atoms. The zero-order chi connectivity index (χ0) is 12.4. The maximum absolute atomic E-state index is 11.9. The van der Waals surface area contributed by atoms with Gasteiger partial charge in [-0.3, -0.25) is 4.79 Å². The third kappa shape index (κ3) is 3.06. The van der Waals surface area contributed by atoms with E-state index in [1.165, 1.54) is 11.3 Å². The van der Waals surface area contributed by atoms with Crippen molar-refractivity contribution in [3.63, 3.8) is 0 Å². The summed E-state index contributed by atoms with van der Waals surface area (Å²) in [6.45, 7) is 1.95. The van der Waals surface area contributed by atoms with Crippen molar-refractivity contribution >= 4 is 50.5 Å². The number of carbonyl (C=O) groups excluding carboxylic acids is 1. The summed E-state index contributed by atoms with van der Waals surface area (Å²) in [6.07, 6.45) is 1.58. The Morgan fingerprint density at radius 2 is 2.29 bits per heavy atom. The predicted octanol–water partition coefficient (Wildman–Crippen LogP) is 4.12. The highest BCUT2D eigenvalue weighted by Gasteiger charge is 2.11. The quantitative estimate of drug-likeness (QED) is 0.841. The molecule has 2 aromatic heterocycles. The molecule has 3 nitrogen and oxygen atoms in total. The average molecular weight is 332 g/mol. The smallest absolute Gasteiger partial charge is 0.265 e. The van der Waals surface area contributed by atoms with Crippen LogP contribution in [-0.4, -0.2) is 10.9 Å². The first-order chi connectivity index (χ1) is 8.06. The van der Waals surface area contributed by atoms with Gasteiger partial charge in [-0.2, -0.15) is 0 Å². The van der Waals surface area contributed by atoms with Crippen molar-refractivity contribution in [3.8, 4) is 0 Å². The topological polar surface area (TPSA) is 42.0 Å². The number of halogens is 2. The van der Waals surface area contributed by atoms with E-state index < -0.39 is 0 Å². The van der Waals surface area contributed by atoms with Gasteiger partial charge in [0.15, 0.2) is 5.15 Å². The number of aryl methyl sites for hydroxylation is 1. The van der Waals surface area contributed by atoms with Crippen LogP contribution in [0.25, 0.3) is 0 Å². The van der Waals surface area contributed by atoms with Crippen molar-refractivity contribution in [2.75, 3.05) is 5.32 Å². The van der Waals surface area contributed by atoms with Gasteiger partial charge in [-0.15, -0.1) is 11.3 Å². The molecular weight excluding hydrogens is 324 g/mol. The molecule has 2 aromatic rings. The number of thiophene rings is 1. The van der Waals surface area contributed by atoms with E-state index in [1.807, 2.05) is 13.0 Å². The number of anilines is 1. The van der Waals surface area contributed by atoms with Crippen molar-refractivity contribution in [2.45, 2.75) is 6.92 Å². The number of amides is 1. The normalized spacial score (nSPS) is 10.3. The van der Waals surface area contributed by atoms with Gasteiger partial charge in [-0.25, -0.2) is 4.98 Å². The fourth-order valence-corrected chi connectivity index (χ4v) is 2.50. The zero-order valence-electron chi connectivity index (χ0n) is 8.83. The Morgan fingerprint density at radius 1 is 1.53 bits per heavy atom. The number of hydrogen-bond donors (Lipinski definition) is 1. The predicted molar refractivity (Wildman–Crippen MR) is 74.0 cm³/mol. The van der Waals surface area contributed by atoms with Gasteiger partial charge in [0.05, 0.1) is 10.6 Å². The molecule has 2 rings (SSSR count). The fourth-order valence-electron chi connectivity index (χ4n) is 1.25. The minimum Gasteiger partial charge on any atom is -0.319 e. The van der Waals surface area contributed by atoms with E-state index in [0.29, 0.717) is 10.6 Å². The molecule has 1 N–H and O–H groups in total. The largest absolute Gasteiger partial charge is 0.319 e. The van der Waals surface area contributed by atoms with Gasteiger partial charge < -0.3 is 5.32 Å². The first kappa shape index (κ1) is 12.5. The van der Waals surface area contributed by atoms with Crippen LogP contribution in [0.15, 0.2) is 28.9 Å². The third-order valence-corrected chi connectivity index (χ3v) is 3.75. The van der Waals surface area contributed by atoms with Gasteiger partial charge in [-0.1, -0.05) is 11.6 Å². The minimum absolute atomic E-state index is 0.176. The molecule has 0 bridgehead atoms. The van der Waals surface area contributed by atoms with Gasteiger partial charge in [0.1, 0.15) is 0 Å². The van der Waals surface area contributed by atoms with Crippen molar-refractivity contribution in [3.05, 3.63) is 43.8 Å². The SMILES string of the molecule is Cc1ccc(C(=O)Nc2cc(Br)cnc2Cl)s1. The Kier molecular flexibility index (Phi) is 3.81.